The van der Waals surface area contributed by atoms with E-state index >= 15 is 0 Å². The fourth-order valence-corrected chi connectivity index (χ4v) is 5.06. The Balaban J connectivity index is 2.18. The number of benzene rings is 3. The number of hydrogen-bond acceptors (Lipinski definition) is 9. The molecule has 170 valence electrons. The molecule has 33 heavy (non-hydrogen) atoms. The van der Waals surface area contributed by atoms with Gasteiger partial charge in [-0.3, -0.25) is 18.7 Å². The number of carbonyl (C=O) groups excluding carboxylic acids is 2. The maximum Gasteiger partial charge on any atom is 0.298 e. The SMILES string of the molecule is Nc1ccc(-c2c(N)c(S(=O)(=O)O)c(N)c3c2C(=O)c2cc(S(=O)(=O)O)ccc2C3=O)cc1. The van der Waals surface area contributed by atoms with Gasteiger partial charge in [-0.1, -0.05) is 12.1 Å². The summed E-state index contributed by atoms with van der Waals surface area (Å²) in [6, 6.07) is 8.41. The van der Waals surface area contributed by atoms with E-state index in [0.717, 1.165) is 18.2 Å². The van der Waals surface area contributed by atoms with E-state index < -0.39 is 58.5 Å². The Labute approximate surface area is 187 Å². The Kier molecular flexibility index (Phi) is 4.83. The molecule has 0 heterocycles. The van der Waals surface area contributed by atoms with Crippen molar-refractivity contribution in [3.8, 4) is 11.1 Å². The molecule has 4 rings (SSSR count). The van der Waals surface area contributed by atoms with E-state index in [4.69, 9.17) is 17.2 Å². The van der Waals surface area contributed by atoms with E-state index in [1.807, 2.05) is 0 Å². The fourth-order valence-electron chi connectivity index (χ4n) is 3.80. The van der Waals surface area contributed by atoms with Gasteiger partial charge in [0.2, 0.25) is 0 Å². The number of fused-ring (bicyclic) bond motifs is 2. The molecule has 11 nitrogen and oxygen atoms in total. The standard InChI is InChI=1S/C20H15N3O8S2/c21-9-3-1-8(2-4-9)13-14-15(17(23)20(16(13)22)33(29,30)31)18(24)11-6-5-10(32(26,27)28)7-12(11)19(14)25/h1-7H,21-23H2,(H,26,27,28)(H,29,30,31). The average molecular weight is 489 g/mol. The summed E-state index contributed by atoms with van der Waals surface area (Å²) in [4.78, 5) is 25.2. The molecule has 0 saturated heterocycles. The van der Waals surface area contributed by atoms with Gasteiger partial charge in [-0.15, -0.1) is 0 Å². The molecule has 0 atom stereocenters. The molecule has 3 aromatic rings. The van der Waals surface area contributed by atoms with Crippen LogP contribution in [0.3, 0.4) is 0 Å². The molecule has 0 saturated carbocycles. The second kappa shape index (κ2) is 7.11. The molecule has 1 aliphatic rings. The Morgan fingerprint density at radius 1 is 0.636 bits per heavy atom. The van der Waals surface area contributed by atoms with Crippen molar-refractivity contribution in [1.29, 1.82) is 0 Å². The van der Waals surface area contributed by atoms with Gasteiger partial charge in [0.25, 0.3) is 20.2 Å². The highest BCUT2D eigenvalue weighted by Crippen LogP contribution is 2.45. The van der Waals surface area contributed by atoms with Crippen molar-refractivity contribution in [2.24, 2.45) is 0 Å². The lowest BCUT2D eigenvalue weighted by atomic mass is 9.79. The zero-order valence-corrected chi connectivity index (χ0v) is 18.1. The third-order valence-electron chi connectivity index (χ3n) is 5.22. The fraction of sp³-hybridized carbons (Fsp3) is 0. The first-order chi connectivity index (χ1) is 15.2. The second-order valence-corrected chi connectivity index (χ2v) is 10.00. The molecule has 1 aliphatic carbocycles. The van der Waals surface area contributed by atoms with E-state index in [-0.39, 0.29) is 27.8 Å². The molecular weight excluding hydrogens is 474 g/mol. The van der Waals surface area contributed by atoms with Crippen molar-refractivity contribution in [2.45, 2.75) is 9.79 Å². The molecule has 0 radical (unpaired) electrons. The van der Waals surface area contributed by atoms with E-state index in [9.17, 15) is 35.5 Å². The number of anilines is 3. The molecule has 0 aromatic heterocycles. The molecule has 0 unspecified atom stereocenters. The van der Waals surface area contributed by atoms with Crippen molar-refractivity contribution in [2.75, 3.05) is 17.2 Å². The lowest BCUT2D eigenvalue weighted by Crippen LogP contribution is -2.26. The summed E-state index contributed by atoms with van der Waals surface area (Å²) >= 11 is 0. The number of rotatable bonds is 3. The minimum absolute atomic E-state index is 0.179. The Hall–Kier alpha value is -3.78. The van der Waals surface area contributed by atoms with Crippen LogP contribution < -0.4 is 17.2 Å². The number of hydrogen-bond donors (Lipinski definition) is 5. The molecule has 0 spiro atoms. The van der Waals surface area contributed by atoms with Crippen molar-refractivity contribution >= 4 is 48.9 Å². The number of nitrogen functional groups attached to an aromatic ring is 3. The maximum atomic E-state index is 13.5. The normalized spacial score (nSPS) is 13.5. The quantitative estimate of drug-likeness (QED) is 0.204. The van der Waals surface area contributed by atoms with Crippen LogP contribution >= 0.6 is 0 Å². The highest BCUT2D eigenvalue weighted by atomic mass is 32.2. The zero-order valence-electron chi connectivity index (χ0n) is 16.4. The first kappa shape index (κ1) is 22.4. The first-order valence-corrected chi connectivity index (χ1v) is 11.9. The number of carbonyl (C=O) groups is 2. The Morgan fingerprint density at radius 3 is 1.73 bits per heavy atom. The average Bonchev–Trinajstić information content (AvgIpc) is 2.70. The van der Waals surface area contributed by atoms with Gasteiger partial charge in [0, 0.05) is 27.9 Å². The van der Waals surface area contributed by atoms with Crippen molar-refractivity contribution in [3.63, 3.8) is 0 Å². The predicted molar refractivity (Wildman–Crippen MR) is 118 cm³/mol. The minimum Gasteiger partial charge on any atom is -0.399 e. The zero-order chi connectivity index (χ0) is 24.5. The smallest absolute Gasteiger partial charge is 0.298 e. The highest BCUT2D eigenvalue weighted by Gasteiger charge is 2.39. The van der Waals surface area contributed by atoms with E-state index in [0.29, 0.717) is 5.69 Å². The van der Waals surface area contributed by atoms with Gasteiger partial charge in [0.1, 0.15) is 4.90 Å². The van der Waals surface area contributed by atoms with Gasteiger partial charge in [0.05, 0.1) is 21.8 Å². The number of ketones is 2. The summed E-state index contributed by atoms with van der Waals surface area (Å²) in [5.74, 6) is -1.79. The molecule has 0 bridgehead atoms. The number of nitrogens with two attached hydrogens (primary N) is 3. The van der Waals surface area contributed by atoms with Crippen LogP contribution in [0.2, 0.25) is 0 Å². The highest BCUT2D eigenvalue weighted by molar-refractivity contribution is 7.86. The van der Waals surface area contributed by atoms with Crippen LogP contribution in [0.25, 0.3) is 11.1 Å². The molecule has 0 aliphatic heterocycles. The van der Waals surface area contributed by atoms with Crippen LogP contribution in [0, 0.1) is 0 Å². The van der Waals surface area contributed by atoms with Gasteiger partial charge in [-0.2, -0.15) is 16.8 Å². The lowest BCUT2D eigenvalue weighted by molar-refractivity contribution is 0.0979. The van der Waals surface area contributed by atoms with Gasteiger partial charge in [0.15, 0.2) is 11.6 Å². The van der Waals surface area contributed by atoms with E-state index in [1.54, 1.807) is 0 Å². The van der Waals surface area contributed by atoms with Crippen LogP contribution in [0.4, 0.5) is 17.1 Å². The molecule has 13 heteroatoms. The van der Waals surface area contributed by atoms with E-state index in [1.165, 1.54) is 24.3 Å². The van der Waals surface area contributed by atoms with Gasteiger partial charge in [-0.25, -0.2) is 0 Å². The Morgan fingerprint density at radius 2 is 1.18 bits per heavy atom. The van der Waals surface area contributed by atoms with Crippen molar-refractivity contribution < 1.29 is 35.5 Å². The van der Waals surface area contributed by atoms with Crippen LogP contribution in [0.15, 0.2) is 52.3 Å². The maximum absolute atomic E-state index is 13.5. The monoisotopic (exact) mass is 489 g/mol. The van der Waals surface area contributed by atoms with E-state index in [2.05, 4.69) is 0 Å². The first-order valence-electron chi connectivity index (χ1n) is 9.02. The molecule has 0 fully saturated rings. The summed E-state index contributed by atoms with van der Waals surface area (Å²) in [5, 5.41) is 0. The summed E-state index contributed by atoms with van der Waals surface area (Å²) in [6.45, 7) is 0. The summed E-state index contributed by atoms with van der Waals surface area (Å²) < 4.78 is 66.3. The van der Waals surface area contributed by atoms with Crippen LogP contribution in [-0.2, 0) is 20.2 Å². The minimum atomic E-state index is -5.03. The third kappa shape index (κ3) is 3.43. The molecule has 8 N–H and O–H groups in total. The molecule has 3 aromatic carbocycles. The summed E-state index contributed by atoms with van der Waals surface area (Å²) in [6.07, 6.45) is 0. The van der Waals surface area contributed by atoms with Gasteiger partial charge >= 0.3 is 0 Å². The predicted octanol–water partition coefficient (Wildman–Crippen LogP) is 1.37. The van der Waals surface area contributed by atoms with Crippen LogP contribution in [0.5, 0.6) is 0 Å². The second-order valence-electron chi connectivity index (χ2n) is 7.22. The summed E-state index contributed by atoms with van der Waals surface area (Å²) in [5.41, 5.74) is 15.1. The van der Waals surface area contributed by atoms with Crippen LogP contribution in [0.1, 0.15) is 31.8 Å². The largest absolute Gasteiger partial charge is 0.399 e. The molecule has 0 amide bonds. The van der Waals surface area contributed by atoms with Crippen molar-refractivity contribution in [3.05, 3.63) is 64.7 Å². The lowest BCUT2D eigenvalue weighted by Gasteiger charge is -2.25. The molecular formula is C20H15N3O8S2. The van der Waals surface area contributed by atoms with Crippen molar-refractivity contribution in [1.82, 2.24) is 0 Å². The summed E-state index contributed by atoms with van der Waals surface area (Å²) in [7, 11) is -9.73. The van der Waals surface area contributed by atoms with Crippen LogP contribution in [-0.4, -0.2) is 37.5 Å². The van der Waals surface area contributed by atoms with Gasteiger partial charge < -0.3 is 17.2 Å². The third-order valence-corrected chi connectivity index (χ3v) is 7.02. The Bertz CT molecular complexity index is 1610. The topological polar surface area (TPSA) is 221 Å². The van der Waals surface area contributed by atoms with Gasteiger partial charge in [-0.05, 0) is 35.9 Å².